The molecule has 1 atom stereocenters. The molecule has 3 aromatic rings. The number of hydrogen-bond donors (Lipinski definition) is 1. The Morgan fingerprint density at radius 1 is 1.08 bits per heavy atom. The third-order valence-corrected chi connectivity index (χ3v) is 6.55. The highest BCUT2D eigenvalue weighted by Crippen LogP contribution is 2.30. The van der Waals surface area contributed by atoms with E-state index >= 15 is 0 Å². The Morgan fingerprint density at radius 3 is 2.53 bits per heavy atom. The quantitative estimate of drug-likeness (QED) is 0.463. The van der Waals surface area contributed by atoms with Crippen molar-refractivity contribution in [1.29, 1.82) is 0 Å². The van der Waals surface area contributed by atoms with Crippen LogP contribution in [0.15, 0.2) is 60.9 Å². The summed E-state index contributed by atoms with van der Waals surface area (Å²) in [5.41, 5.74) is 0.857. The Labute approximate surface area is 210 Å². The van der Waals surface area contributed by atoms with Gasteiger partial charge in [0.25, 0.3) is 5.91 Å². The first-order chi connectivity index (χ1) is 17.4. The summed E-state index contributed by atoms with van der Waals surface area (Å²) in [4.78, 5) is 45.3. The number of hydrogen-bond acceptors (Lipinski definition) is 6. The zero-order chi connectivity index (χ0) is 25.7. The molecular weight excluding hydrogens is 460 g/mol. The molecule has 0 radical (unpaired) electrons. The molecule has 9 nitrogen and oxygen atoms in total. The van der Waals surface area contributed by atoms with Crippen LogP contribution in [-0.2, 0) is 29.0 Å². The van der Waals surface area contributed by atoms with Crippen LogP contribution in [0.2, 0.25) is 0 Å². The number of aryl methyl sites for hydroxylation is 1. The van der Waals surface area contributed by atoms with Gasteiger partial charge in [0.1, 0.15) is 17.0 Å². The van der Waals surface area contributed by atoms with Gasteiger partial charge in [0.05, 0.1) is 27.1 Å². The number of nitrogens with one attached hydrogen (secondary N) is 1. The average Bonchev–Trinajstić information content (AvgIpc) is 3.33. The molecule has 9 heteroatoms. The van der Waals surface area contributed by atoms with Gasteiger partial charge in [-0.25, -0.2) is 9.78 Å². The molecule has 1 N–H and O–H groups in total. The Bertz CT molecular complexity index is 1260. The van der Waals surface area contributed by atoms with Gasteiger partial charge in [0.2, 0.25) is 5.91 Å². The Morgan fingerprint density at radius 2 is 1.81 bits per heavy atom. The fourth-order valence-electron chi connectivity index (χ4n) is 4.59. The maximum Gasteiger partial charge on any atom is 0.359 e. The van der Waals surface area contributed by atoms with E-state index in [1.807, 2.05) is 54.6 Å². The van der Waals surface area contributed by atoms with Gasteiger partial charge in [-0.1, -0.05) is 48.5 Å². The zero-order valence-corrected chi connectivity index (χ0v) is 20.7. The van der Waals surface area contributed by atoms with Crippen LogP contribution >= 0.6 is 0 Å². The van der Waals surface area contributed by atoms with Gasteiger partial charge in [-0.05, 0) is 31.4 Å². The summed E-state index contributed by atoms with van der Waals surface area (Å²) in [6.07, 6.45) is 2.80. The van der Waals surface area contributed by atoms with Crippen LogP contribution in [0.4, 0.5) is 0 Å². The number of ether oxygens (including phenoxy) is 2. The fourth-order valence-corrected chi connectivity index (χ4v) is 4.59. The van der Waals surface area contributed by atoms with E-state index in [-0.39, 0.29) is 30.4 Å². The van der Waals surface area contributed by atoms with Crippen molar-refractivity contribution in [2.45, 2.75) is 38.4 Å². The first kappa shape index (κ1) is 25.0. The zero-order valence-electron chi connectivity index (χ0n) is 20.7. The molecule has 0 saturated heterocycles. The molecule has 0 bridgehead atoms. The molecule has 0 saturated carbocycles. The average molecular weight is 491 g/mol. The van der Waals surface area contributed by atoms with Crippen LogP contribution in [0.3, 0.4) is 0 Å². The number of nitrogens with zero attached hydrogens (tertiary/aromatic N) is 3. The van der Waals surface area contributed by atoms with E-state index in [9.17, 15) is 14.4 Å². The Hall–Kier alpha value is -4.14. The fraction of sp³-hybridized carbons (Fsp3) is 0.333. The maximum absolute atomic E-state index is 13.7. The molecule has 0 aliphatic carbocycles. The first-order valence-corrected chi connectivity index (χ1v) is 11.8. The number of imidazole rings is 1. The summed E-state index contributed by atoms with van der Waals surface area (Å²) in [6, 6.07) is 17.4. The number of fused-ring (bicyclic) bond motifs is 1. The third kappa shape index (κ3) is 4.82. The van der Waals surface area contributed by atoms with Crippen molar-refractivity contribution < 1.29 is 23.9 Å². The summed E-state index contributed by atoms with van der Waals surface area (Å²) < 4.78 is 11.8. The minimum absolute atomic E-state index is 0.0490. The maximum atomic E-state index is 13.7. The van der Waals surface area contributed by atoms with Crippen LogP contribution in [-0.4, -0.2) is 58.5 Å². The molecule has 2 amide bonds. The molecule has 188 valence electrons. The number of para-hydroxylation sites is 1. The molecule has 36 heavy (non-hydrogen) atoms. The number of carbonyl (C=O) groups excluding carboxylic acids is 3. The summed E-state index contributed by atoms with van der Waals surface area (Å²) in [5, 5.41) is 2.98. The van der Waals surface area contributed by atoms with Crippen LogP contribution < -0.4 is 10.1 Å². The molecule has 1 aromatic heterocycles. The smallest absolute Gasteiger partial charge is 0.359 e. The molecular formula is C27H30N4O5. The summed E-state index contributed by atoms with van der Waals surface area (Å²) in [7, 11) is 2.82. The standard InChI is InChI=1S/C27H30N4O5/c1-27(26(34)28-16-20-13-7-8-14-21(20)35-2)17-30-18-29-22(25(33)36-3)23(30)24(32)31(27)15-9-12-19-10-5-4-6-11-19/h4-8,10-11,13-14,18H,9,12,15-17H2,1-3H3,(H,28,34)/t27-/m1/s1. The second kappa shape index (κ2) is 10.6. The molecule has 2 heterocycles. The van der Waals surface area contributed by atoms with Crippen LogP contribution in [0.5, 0.6) is 5.75 Å². The lowest BCUT2D eigenvalue weighted by molar-refractivity contribution is -0.133. The minimum Gasteiger partial charge on any atom is -0.496 e. The normalized spacial score (nSPS) is 16.9. The summed E-state index contributed by atoms with van der Waals surface area (Å²) in [6.45, 7) is 2.47. The first-order valence-electron chi connectivity index (χ1n) is 11.8. The molecule has 2 aromatic carbocycles. The van der Waals surface area contributed by atoms with E-state index in [0.29, 0.717) is 18.7 Å². The van der Waals surface area contributed by atoms with Gasteiger partial charge >= 0.3 is 5.97 Å². The van der Waals surface area contributed by atoms with Crippen LogP contribution in [0, 0.1) is 0 Å². The number of esters is 1. The number of rotatable bonds is 9. The van der Waals surface area contributed by atoms with E-state index in [4.69, 9.17) is 9.47 Å². The van der Waals surface area contributed by atoms with Gasteiger partial charge in [0.15, 0.2) is 5.69 Å². The van der Waals surface area contributed by atoms with Crippen LogP contribution in [0.25, 0.3) is 0 Å². The largest absolute Gasteiger partial charge is 0.496 e. The predicted octanol–water partition coefficient (Wildman–Crippen LogP) is 2.84. The van der Waals surface area contributed by atoms with Crippen molar-refractivity contribution in [3.8, 4) is 5.75 Å². The number of amides is 2. The molecule has 4 rings (SSSR count). The summed E-state index contributed by atoms with van der Waals surface area (Å²) in [5.74, 6) is -0.754. The predicted molar refractivity (Wildman–Crippen MR) is 133 cm³/mol. The van der Waals surface area contributed by atoms with Gasteiger partial charge in [-0.2, -0.15) is 0 Å². The van der Waals surface area contributed by atoms with Crippen molar-refractivity contribution in [2.75, 3.05) is 20.8 Å². The number of benzene rings is 2. The lowest BCUT2D eigenvalue weighted by Crippen LogP contribution is -2.64. The number of methoxy groups -OCH3 is 2. The van der Waals surface area contributed by atoms with Crippen molar-refractivity contribution in [3.05, 3.63) is 83.4 Å². The van der Waals surface area contributed by atoms with E-state index in [2.05, 4.69) is 10.3 Å². The highest BCUT2D eigenvalue weighted by Gasteiger charge is 2.48. The highest BCUT2D eigenvalue weighted by molar-refractivity contribution is 6.06. The SMILES string of the molecule is COC(=O)c1ncn2c1C(=O)N(CCCc1ccccc1)[C@@](C)(C(=O)NCc1ccccc1OC)C2. The second-order valence-electron chi connectivity index (χ2n) is 8.88. The van der Waals surface area contributed by atoms with Gasteiger partial charge < -0.3 is 24.3 Å². The van der Waals surface area contributed by atoms with Crippen molar-refractivity contribution in [3.63, 3.8) is 0 Å². The third-order valence-electron chi connectivity index (χ3n) is 6.55. The second-order valence-corrected chi connectivity index (χ2v) is 8.88. The molecule has 0 spiro atoms. The lowest BCUT2D eigenvalue weighted by Gasteiger charge is -2.43. The molecule has 0 fully saturated rings. The van der Waals surface area contributed by atoms with Crippen LogP contribution in [0.1, 0.15) is 45.4 Å². The van der Waals surface area contributed by atoms with Gasteiger partial charge in [0, 0.05) is 18.7 Å². The monoisotopic (exact) mass is 490 g/mol. The number of carbonyl (C=O) groups is 3. The van der Waals surface area contributed by atoms with Gasteiger partial charge in [-0.3, -0.25) is 9.59 Å². The van der Waals surface area contributed by atoms with Crippen molar-refractivity contribution in [1.82, 2.24) is 19.8 Å². The molecule has 0 unspecified atom stereocenters. The lowest BCUT2D eigenvalue weighted by atomic mass is 9.93. The Kier molecular flexibility index (Phi) is 7.38. The summed E-state index contributed by atoms with van der Waals surface area (Å²) >= 11 is 0. The molecule has 1 aliphatic heterocycles. The molecule has 1 aliphatic rings. The number of aromatic nitrogens is 2. The van der Waals surface area contributed by atoms with Crippen molar-refractivity contribution >= 4 is 17.8 Å². The van der Waals surface area contributed by atoms with Gasteiger partial charge in [-0.15, -0.1) is 0 Å². The van der Waals surface area contributed by atoms with E-state index < -0.39 is 17.4 Å². The highest BCUT2D eigenvalue weighted by atomic mass is 16.5. The van der Waals surface area contributed by atoms with E-state index in [1.165, 1.54) is 13.4 Å². The minimum atomic E-state index is -1.20. The van der Waals surface area contributed by atoms with E-state index in [0.717, 1.165) is 17.5 Å². The van der Waals surface area contributed by atoms with Crippen molar-refractivity contribution in [2.24, 2.45) is 0 Å². The topological polar surface area (TPSA) is 103 Å². The Balaban J connectivity index is 1.60. The van der Waals surface area contributed by atoms with E-state index in [1.54, 1.807) is 23.5 Å².